The van der Waals surface area contributed by atoms with Gasteiger partial charge in [-0.2, -0.15) is 0 Å². The average molecular weight is 331 g/mol. The van der Waals surface area contributed by atoms with Crippen molar-refractivity contribution < 1.29 is 12.8 Å². The van der Waals surface area contributed by atoms with Gasteiger partial charge in [-0.15, -0.1) is 0 Å². The highest BCUT2D eigenvalue weighted by molar-refractivity contribution is 7.92. The monoisotopic (exact) mass is 330 g/mol. The van der Waals surface area contributed by atoms with Crippen molar-refractivity contribution in [1.29, 1.82) is 0 Å². The number of benzene rings is 1. The summed E-state index contributed by atoms with van der Waals surface area (Å²) < 4.78 is 39.9. The van der Waals surface area contributed by atoms with Crippen LogP contribution in [0, 0.1) is 5.82 Å². The summed E-state index contributed by atoms with van der Waals surface area (Å²) in [6.07, 6.45) is 1.03. The molecule has 1 aromatic heterocycles. The number of halogens is 2. The SMILES string of the molecule is CCN(c1ccccc1F)S(=O)(=O)c1c[nH]c(=O)c(Cl)c1. The summed E-state index contributed by atoms with van der Waals surface area (Å²) >= 11 is 5.64. The molecule has 2 aromatic rings. The summed E-state index contributed by atoms with van der Waals surface area (Å²) in [5.41, 5.74) is -0.660. The third-order valence-corrected chi connectivity index (χ3v) is 4.98. The molecule has 112 valence electrons. The summed E-state index contributed by atoms with van der Waals surface area (Å²) in [6.45, 7) is 1.61. The molecule has 1 heterocycles. The number of anilines is 1. The largest absolute Gasteiger partial charge is 0.326 e. The Labute approximate surface area is 126 Å². The fourth-order valence-electron chi connectivity index (χ4n) is 1.84. The predicted molar refractivity (Wildman–Crippen MR) is 78.7 cm³/mol. The Bertz CT molecular complexity index is 820. The fourth-order valence-corrected chi connectivity index (χ4v) is 3.55. The Kier molecular flexibility index (Phi) is 4.34. The zero-order chi connectivity index (χ0) is 15.6. The van der Waals surface area contributed by atoms with E-state index >= 15 is 0 Å². The van der Waals surface area contributed by atoms with Gasteiger partial charge in [-0.3, -0.25) is 9.10 Å². The molecule has 0 aliphatic rings. The Morgan fingerprint density at radius 3 is 2.57 bits per heavy atom. The first-order chi connectivity index (χ1) is 9.87. The molecule has 1 aromatic carbocycles. The lowest BCUT2D eigenvalue weighted by molar-refractivity contribution is 0.586. The van der Waals surface area contributed by atoms with Crippen LogP contribution in [0.2, 0.25) is 5.02 Å². The summed E-state index contributed by atoms with van der Waals surface area (Å²) in [5.74, 6) is -0.654. The average Bonchev–Trinajstić information content (AvgIpc) is 2.44. The second kappa shape index (κ2) is 5.87. The van der Waals surface area contributed by atoms with E-state index in [2.05, 4.69) is 4.98 Å². The number of hydrogen-bond donors (Lipinski definition) is 1. The van der Waals surface area contributed by atoms with E-state index < -0.39 is 21.4 Å². The molecule has 0 fully saturated rings. The van der Waals surface area contributed by atoms with Crippen LogP contribution in [-0.2, 0) is 10.0 Å². The van der Waals surface area contributed by atoms with Crippen molar-refractivity contribution in [3.63, 3.8) is 0 Å². The minimum Gasteiger partial charge on any atom is -0.326 e. The zero-order valence-electron chi connectivity index (χ0n) is 11.0. The molecule has 0 amide bonds. The number of hydrogen-bond acceptors (Lipinski definition) is 3. The number of rotatable bonds is 4. The van der Waals surface area contributed by atoms with Gasteiger partial charge in [0.25, 0.3) is 15.6 Å². The van der Waals surface area contributed by atoms with Gasteiger partial charge in [0.15, 0.2) is 0 Å². The van der Waals surface area contributed by atoms with Crippen LogP contribution in [0.25, 0.3) is 0 Å². The molecule has 0 saturated carbocycles. The third-order valence-electron chi connectivity index (χ3n) is 2.83. The van der Waals surface area contributed by atoms with Crippen LogP contribution in [0.4, 0.5) is 10.1 Å². The van der Waals surface area contributed by atoms with Crippen molar-refractivity contribution in [3.05, 3.63) is 57.7 Å². The van der Waals surface area contributed by atoms with Gasteiger partial charge in [0, 0.05) is 12.7 Å². The number of aromatic nitrogens is 1. The van der Waals surface area contributed by atoms with Gasteiger partial charge in [0.1, 0.15) is 15.7 Å². The molecular weight excluding hydrogens is 319 g/mol. The maximum atomic E-state index is 13.8. The molecule has 0 spiro atoms. The molecular formula is C13H12ClFN2O3S. The lowest BCUT2D eigenvalue weighted by Gasteiger charge is -2.23. The highest BCUT2D eigenvalue weighted by Crippen LogP contribution is 2.25. The summed E-state index contributed by atoms with van der Waals surface area (Å²) in [4.78, 5) is 13.2. The van der Waals surface area contributed by atoms with E-state index in [1.54, 1.807) is 6.92 Å². The number of H-pyrrole nitrogens is 1. The van der Waals surface area contributed by atoms with Crippen LogP contribution in [-0.4, -0.2) is 19.9 Å². The first-order valence-electron chi connectivity index (χ1n) is 6.03. The van der Waals surface area contributed by atoms with E-state index in [1.807, 2.05) is 0 Å². The lowest BCUT2D eigenvalue weighted by Crippen LogP contribution is -2.32. The Morgan fingerprint density at radius 1 is 1.33 bits per heavy atom. The van der Waals surface area contributed by atoms with Gasteiger partial charge in [0.2, 0.25) is 0 Å². The quantitative estimate of drug-likeness (QED) is 0.935. The van der Waals surface area contributed by atoms with Gasteiger partial charge in [-0.25, -0.2) is 12.8 Å². The molecule has 0 aliphatic carbocycles. The number of para-hydroxylation sites is 1. The lowest BCUT2D eigenvalue weighted by atomic mass is 10.3. The first kappa shape index (κ1) is 15.5. The van der Waals surface area contributed by atoms with Crippen LogP contribution in [0.1, 0.15) is 6.92 Å². The number of sulfonamides is 1. The molecule has 5 nitrogen and oxygen atoms in total. The van der Waals surface area contributed by atoms with Crippen molar-refractivity contribution >= 4 is 27.3 Å². The topological polar surface area (TPSA) is 70.2 Å². The predicted octanol–water partition coefficient (Wildman–Crippen LogP) is 2.38. The van der Waals surface area contributed by atoms with E-state index in [-0.39, 0.29) is 22.2 Å². The van der Waals surface area contributed by atoms with E-state index in [9.17, 15) is 17.6 Å². The van der Waals surface area contributed by atoms with Crippen LogP contribution in [0.15, 0.2) is 46.2 Å². The second-order valence-electron chi connectivity index (χ2n) is 4.13. The molecule has 0 saturated heterocycles. The van der Waals surface area contributed by atoms with E-state index in [0.29, 0.717) is 0 Å². The van der Waals surface area contributed by atoms with Gasteiger partial charge < -0.3 is 4.98 Å². The fraction of sp³-hybridized carbons (Fsp3) is 0.154. The number of pyridine rings is 1. The van der Waals surface area contributed by atoms with E-state index in [4.69, 9.17) is 11.6 Å². The van der Waals surface area contributed by atoms with Crippen LogP contribution >= 0.6 is 11.6 Å². The molecule has 0 aliphatic heterocycles. The van der Waals surface area contributed by atoms with Crippen molar-refractivity contribution in [3.8, 4) is 0 Å². The van der Waals surface area contributed by atoms with E-state index in [0.717, 1.165) is 16.6 Å². The van der Waals surface area contributed by atoms with Crippen molar-refractivity contribution in [2.24, 2.45) is 0 Å². The maximum absolute atomic E-state index is 13.8. The zero-order valence-corrected chi connectivity index (χ0v) is 12.6. The molecule has 2 rings (SSSR count). The number of aromatic amines is 1. The molecule has 0 unspecified atom stereocenters. The molecule has 1 N–H and O–H groups in total. The van der Waals surface area contributed by atoms with Crippen molar-refractivity contribution in [1.82, 2.24) is 4.98 Å². The second-order valence-corrected chi connectivity index (χ2v) is 6.40. The van der Waals surface area contributed by atoms with Crippen molar-refractivity contribution in [2.45, 2.75) is 11.8 Å². The normalized spacial score (nSPS) is 11.4. The highest BCUT2D eigenvalue weighted by Gasteiger charge is 2.26. The minimum absolute atomic E-state index is 0.0278. The molecule has 8 heteroatoms. The Hall–Kier alpha value is -1.86. The Morgan fingerprint density at radius 2 is 2.00 bits per heavy atom. The summed E-state index contributed by atoms with van der Waals surface area (Å²) in [7, 11) is -4.03. The standard InChI is InChI=1S/C13H12ClFN2O3S/c1-2-17(12-6-4-3-5-11(12)15)21(19,20)9-7-10(14)13(18)16-8-9/h3-8H,2H2,1H3,(H,16,18). The summed E-state index contributed by atoms with van der Waals surface area (Å²) in [5, 5.41) is -0.249. The Balaban J connectivity index is 2.57. The molecule has 0 atom stereocenters. The first-order valence-corrected chi connectivity index (χ1v) is 7.85. The number of nitrogens with zero attached hydrogens (tertiary/aromatic N) is 1. The maximum Gasteiger partial charge on any atom is 0.266 e. The van der Waals surface area contributed by atoms with Gasteiger partial charge in [-0.1, -0.05) is 23.7 Å². The summed E-state index contributed by atoms with van der Waals surface area (Å²) in [6, 6.07) is 6.59. The van der Waals surface area contributed by atoms with Gasteiger partial charge in [0.05, 0.1) is 5.69 Å². The molecule has 21 heavy (non-hydrogen) atoms. The highest BCUT2D eigenvalue weighted by atomic mass is 35.5. The van der Waals surface area contributed by atoms with Gasteiger partial charge >= 0.3 is 0 Å². The molecule has 0 bridgehead atoms. The smallest absolute Gasteiger partial charge is 0.266 e. The van der Waals surface area contributed by atoms with Crippen LogP contribution in [0.3, 0.4) is 0 Å². The number of nitrogens with one attached hydrogen (secondary N) is 1. The third kappa shape index (κ3) is 2.93. The van der Waals surface area contributed by atoms with Gasteiger partial charge in [-0.05, 0) is 25.1 Å². The van der Waals surface area contributed by atoms with Crippen LogP contribution < -0.4 is 9.86 Å². The minimum atomic E-state index is -4.03. The van der Waals surface area contributed by atoms with Crippen molar-refractivity contribution in [2.75, 3.05) is 10.8 Å². The molecule has 0 radical (unpaired) electrons. The van der Waals surface area contributed by atoms with E-state index in [1.165, 1.54) is 24.3 Å². The van der Waals surface area contributed by atoms with Crippen LogP contribution in [0.5, 0.6) is 0 Å².